The number of piperazine rings is 1. The van der Waals surface area contributed by atoms with E-state index in [9.17, 15) is 18.0 Å². The summed E-state index contributed by atoms with van der Waals surface area (Å²) in [5.74, 6) is -3.67. The summed E-state index contributed by atoms with van der Waals surface area (Å²) in [6, 6.07) is 3.47. The van der Waals surface area contributed by atoms with E-state index in [0.29, 0.717) is 51.4 Å². The second kappa shape index (κ2) is 12.2. The molecule has 2 saturated heterocycles. The van der Waals surface area contributed by atoms with Gasteiger partial charge in [-0.15, -0.1) is 0 Å². The average molecular weight is 591 g/mol. The Bertz CT molecular complexity index is 1440. The summed E-state index contributed by atoms with van der Waals surface area (Å²) in [4.78, 5) is 27.6. The number of benzene rings is 2. The highest BCUT2D eigenvalue weighted by Gasteiger charge is 2.32. The number of carbonyl (C=O) groups is 1. The SMILES string of the molecule is C[C@@H]1CN(c2cc(F)c(-c3cnc(N4CCOCC4)nc3)c(F)c2NC(=O)c2ccc(F)cc2C(F)F)C[C@H](C)N1C. The number of rotatable bonds is 6. The summed E-state index contributed by atoms with van der Waals surface area (Å²) in [6.45, 7) is 6.84. The number of nitrogens with zero attached hydrogens (tertiary/aromatic N) is 5. The van der Waals surface area contributed by atoms with Crippen LogP contribution in [0, 0.1) is 17.5 Å². The maximum atomic E-state index is 16.4. The van der Waals surface area contributed by atoms with Crippen molar-refractivity contribution in [2.75, 3.05) is 61.6 Å². The molecule has 0 aliphatic carbocycles. The predicted molar refractivity (Wildman–Crippen MR) is 149 cm³/mol. The molecular formula is C29H31F5N6O2. The number of halogens is 5. The summed E-state index contributed by atoms with van der Waals surface area (Å²) in [5.41, 5.74) is -2.15. The number of hydrogen-bond acceptors (Lipinski definition) is 7. The lowest BCUT2D eigenvalue weighted by Gasteiger charge is -2.44. The number of amides is 1. The van der Waals surface area contributed by atoms with Crippen molar-refractivity contribution in [3.05, 3.63) is 65.2 Å². The zero-order valence-corrected chi connectivity index (χ0v) is 23.4. The standard InChI is InChI=1S/C29H31F5N6O2/c1-16-14-40(15-17(2)38(16)3)23-11-22(31)24(18-12-35-29(36-13-18)39-6-8-42-9-7-39)25(32)26(23)37-28(41)20-5-4-19(30)10-21(20)27(33)34/h4-5,10-13,16-17,27H,6-9,14-15H2,1-3H3,(H,37,41)/t16-,17+. The van der Waals surface area contributed by atoms with Gasteiger partial charge in [-0.1, -0.05) is 0 Å². The third-order valence-electron chi connectivity index (χ3n) is 7.85. The lowest BCUT2D eigenvalue weighted by atomic mass is 10.0. The van der Waals surface area contributed by atoms with Gasteiger partial charge in [-0.3, -0.25) is 9.69 Å². The van der Waals surface area contributed by atoms with Crippen LogP contribution in [0.1, 0.15) is 36.2 Å². The number of carbonyl (C=O) groups excluding carboxylic acids is 1. The maximum Gasteiger partial charge on any atom is 0.264 e. The minimum absolute atomic E-state index is 0.00627. The van der Waals surface area contributed by atoms with Crippen molar-refractivity contribution in [3.8, 4) is 11.1 Å². The molecule has 8 nitrogen and oxygen atoms in total. The summed E-state index contributed by atoms with van der Waals surface area (Å²) >= 11 is 0. The molecule has 0 unspecified atom stereocenters. The van der Waals surface area contributed by atoms with Gasteiger partial charge < -0.3 is 19.9 Å². The van der Waals surface area contributed by atoms with Crippen LogP contribution in [-0.2, 0) is 4.74 Å². The highest BCUT2D eigenvalue weighted by Crippen LogP contribution is 2.39. The zero-order chi connectivity index (χ0) is 30.1. The molecule has 2 aromatic carbocycles. The van der Waals surface area contributed by atoms with Gasteiger partial charge in [-0.25, -0.2) is 31.9 Å². The summed E-state index contributed by atoms with van der Waals surface area (Å²) in [5, 5.41) is 2.39. The van der Waals surface area contributed by atoms with Gasteiger partial charge >= 0.3 is 0 Å². The molecule has 1 amide bonds. The van der Waals surface area contributed by atoms with Crippen LogP contribution in [0.15, 0.2) is 36.7 Å². The first kappa shape index (κ1) is 29.6. The van der Waals surface area contributed by atoms with Gasteiger partial charge in [0.05, 0.1) is 24.5 Å². The number of anilines is 3. The lowest BCUT2D eigenvalue weighted by Crippen LogP contribution is -2.55. The van der Waals surface area contributed by atoms with E-state index in [0.717, 1.165) is 18.2 Å². The summed E-state index contributed by atoms with van der Waals surface area (Å²) in [7, 11) is 1.95. The first-order valence-electron chi connectivity index (χ1n) is 13.6. The highest BCUT2D eigenvalue weighted by molar-refractivity contribution is 6.07. The normalized spacial score (nSPS) is 19.8. The minimum atomic E-state index is -3.16. The molecule has 5 rings (SSSR count). The monoisotopic (exact) mass is 590 g/mol. The van der Waals surface area contributed by atoms with Gasteiger partial charge in [-0.2, -0.15) is 0 Å². The van der Waals surface area contributed by atoms with Crippen molar-refractivity contribution in [1.29, 1.82) is 0 Å². The van der Waals surface area contributed by atoms with E-state index in [4.69, 9.17) is 4.74 Å². The first-order chi connectivity index (χ1) is 20.0. The number of morpholine rings is 1. The molecule has 0 radical (unpaired) electrons. The number of ether oxygens (including phenoxy) is 1. The quantitative estimate of drug-likeness (QED) is 0.400. The molecule has 224 valence electrons. The van der Waals surface area contributed by atoms with Crippen LogP contribution in [0.5, 0.6) is 0 Å². The molecule has 1 aromatic heterocycles. The van der Waals surface area contributed by atoms with Crippen molar-refractivity contribution < 1.29 is 31.5 Å². The Balaban J connectivity index is 1.58. The minimum Gasteiger partial charge on any atom is -0.378 e. The molecule has 2 fully saturated rings. The molecule has 0 spiro atoms. The molecular weight excluding hydrogens is 559 g/mol. The Labute approximate surface area is 240 Å². The summed E-state index contributed by atoms with van der Waals surface area (Å²) in [6.07, 6.45) is -0.574. The molecule has 2 aliphatic rings. The number of hydrogen-bond donors (Lipinski definition) is 1. The van der Waals surface area contributed by atoms with Crippen molar-refractivity contribution in [2.45, 2.75) is 32.4 Å². The van der Waals surface area contributed by atoms with Crippen LogP contribution in [-0.4, -0.2) is 79.3 Å². The zero-order valence-electron chi connectivity index (χ0n) is 23.4. The molecule has 0 bridgehead atoms. The maximum absolute atomic E-state index is 16.4. The average Bonchev–Trinajstić information content (AvgIpc) is 2.97. The number of aromatic nitrogens is 2. The van der Waals surface area contributed by atoms with Crippen molar-refractivity contribution in [2.24, 2.45) is 0 Å². The van der Waals surface area contributed by atoms with Gasteiger partial charge in [0.15, 0.2) is 5.82 Å². The van der Waals surface area contributed by atoms with E-state index in [1.54, 1.807) is 4.90 Å². The van der Waals surface area contributed by atoms with Gasteiger partial charge in [0.1, 0.15) is 17.3 Å². The second-order valence-corrected chi connectivity index (χ2v) is 10.6. The Kier molecular flexibility index (Phi) is 8.60. The molecule has 13 heteroatoms. The summed E-state index contributed by atoms with van der Waals surface area (Å²) < 4.78 is 78.5. The molecule has 2 aliphatic heterocycles. The molecule has 1 N–H and O–H groups in total. The second-order valence-electron chi connectivity index (χ2n) is 10.6. The van der Waals surface area contributed by atoms with E-state index in [1.165, 1.54) is 12.4 Å². The molecule has 42 heavy (non-hydrogen) atoms. The van der Waals surface area contributed by atoms with Crippen LogP contribution >= 0.6 is 0 Å². The number of likely N-dealkylation sites (N-methyl/N-ethyl adjacent to an activating group) is 1. The third kappa shape index (κ3) is 5.88. The van der Waals surface area contributed by atoms with Gasteiger partial charge in [0.2, 0.25) is 5.95 Å². The number of nitrogens with one attached hydrogen (secondary N) is 1. The van der Waals surface area contributed by atoms with Gasteiger partial charge in [-0.05, 0) is 39.1 Å². The lowest BCUT2D eigenvalue weighted by molar-refractivity contribution is 0.101. The highest BCUT2D eigenvalue weighted by atomic mass is 19.3. The number of alkyl halides is 2. The molecule has 0 saturated carbocycles. The van der Waals surface area contributed by atoms with Crippen LogP contribution in [0.3, 0.4) is 0 Å². The smallest absolute Gasteiger partial charge is 0.264 e. The van der Waals surface area contributed by atoms with Crippen molar-refractivity contribution >= 4 is 23.2 Å². The van der Waals surface area contributed by atoms with E-state index < -0.39 is 46.5 Å². The molecule has 3 aromatic rings. The fourth-order valence-corrected chi connectivity index (χ4v) is 5.32. The predicted octanol–water partition coefficient (Wildman–Crippen LogP) is 5.12. The van der Waals surface area contributed by atoms with Gasteiger partial charge in [0.25, 0.3) is 12.3 Å². The first-order valence-corrected chi connectivity index (χ1v) is 13.6. The third-order valence-corrected chi connectivity index (χ3v) is 7.85. The Morgan fingerprint density at radius 2 is 1.64 bits per heavy atom. The van der Waals surface area contributed by atoms with E-state index >= 15 is 8.78 Å². The Morgan fingerprint density at radius 1 is 1.00 bits per heavy atom. The Morgan fingerprint density at radius 3 is 2.26 bits per heavy atom. The van der Waals surface area contributed by atoms with Crippen LogP contribution in [0.2, 0.25) is 0 Å². The molecule has 3 heterocycles. The van der Waals surface area contributed by atoms with Crippen LogP contribution in [0.4, 0.5) is 39.3 Å². The fourth-order valence-electron chi connectivity index (χ4n) is 5.32. The van der Waals surface area contributed by atoms with Crippen LogP contribution in [0.25, 0.3) is 11.1 Å². The molecule has 2 atom stereocenters. The Hall–Kier alpha value is -3.84. The van der Waals surface area contributed by atoms with Crippen molar-refractivity contribution in [1.82, 2.24) is 14.9 Å². The van der Waals surface area contributed by atoms with E-state index in [2.05, 4.69) is 20.2 Å². The van der Waals surface area contributed by atoms with E-state index in [1.807, 2.05) is 25.8 Å². The van der Waals surface area contributed by atoms with Crippen LogP contribution < -0.4 is 15.1 Å². The van der Waals surface area contributed by atoms with Crippen molar-refractivity contribution in [3.63, 3.8) is 0 Å². The van der Waals surface area contributed by atoms with E-state index in [-0.39, 0.29) is 29.0 Å². The fraction of sp³-hybridized carbons (Fsp3) is 0.414. The largest absolute Gasteiger partial charge is 0.378 e. The van der Waals surface area contributed by atoms with Gasteiger partial charge in [0, 0.05) is 73.4 Å². The topological polar surface area (TPSA) is 73.8 Å².